The van der Waals surface area contributed by atoms with Gasteiger partial charge in [-0.05, 0) is 30.2 Å². The van der Waals surface area contributed by atoms with E-state index in [1.807, 2.05) is 18.4 Å². The van der Waals surface area contributed by atoms with Gasteiger partial charge in [-0.2, -0.15) is 0 Å². The van der Waals surface area contributed by atoms with Gasteiger partial charge in [0.05, 0.1) is 0 Å². The molecule has 0 unspecified atom stereocenters. The normalized spacial score (nSPS) is 15.1. The number of hydrogen-bond donors (Lipinski definition) is 2. The van der Waals surface area contributed by atoms with Crippen LogP contribution in [0.1, 0.15) is 24.1 Å². The van der Waals surface area contributed by atoms with Gasteiger partial charge >= 0.3 is 0 Å². The van der Waals surface area contributed by atoms with Gasteiger partial charge in [-0.25, -0.2) is 0 Å². The first-order valence-corrected chi connectivity index (χ1v) is 7.23. The summed E-state index contributed by atoms with van der Waals surface area (Å²) in [5.74, 6) is 1.91. The Balaban J connectivity index is 0.00000162. The molecule has 1 fully saturated rings. The average Bonchev–Trinajstić information content (AvgIpc) is 3.02. The van der Waals surface area contributed by atoms with E-state index in [4.69, 9.17) is 0 Å². The van der Waals surface area contributed by atoms with Gasteiger partial charge in [-0.1, -0.05) is 18.9 Å². The van der Waals surface area contributed by atoms with E-state index in [1.54, 1.807) is 0 Å². The predicted octanol–water partition coefficient (Wildman–Crippen LogP) is 2.87. The van der Waals surface area contributed by atoms with Crippen LogP contribution < -0.4 is 10.6 Å². The standard InChI is InChI=1S/C13H21N3S.HI/c1-14-13(15-8-6-11-4-5-11)16-9-7-12-3-2-10-17-12;/h2-3,10-11H,4-9H2,1H3,(H2,14,15,16);1H. The van der Waals surface area contributed by atoms with E-state index in [-0.39, 0.29) is 24.0 Å². The maximum Gasteiger partial charge on any atom is 0.190 e. The van der Waals surface area contributed by atoms with Crippen LogP contribution in [0, 0.1) is 5.92 Å². The molecule has 3 nitrogen and oxygen atoms in total. The van der Waals surface area contributed by atoms with Gasteiger partial charge in [-0.3, -0.25) is 4.99 Å². The third-order valence-electron chi connectivity index (χ3n) is 3.01. The van der Waals surface area contributed by atoms with Crippen molar-refractivity contribution in [3.05, 3.63) is 22.4 Å². The molecule has 1 aromatic rings. The second-order valence-electron chi connectivity index (χ2n) is 4.49. The summed E-state index contributed by atoms with van der Waals surface area (Å²) in [6.45, 7) is 1.99. The van der Waals surface area contributed by atoms with E-state index >= 15 is 0 Å². The molecular formula is C13H22IN3S. The zero-order chi connectivity index (χ0) is 11.9. The Morgan fingerprint density at radius 1 is 1.39 bits per heavy atom. The molecule has 5 heteroatoms. The molecule has 1 aliphatic rings. The molecule has 0 aromatic carbocycles. The molecule has 2 rings (SSSR count). The molecule has 0 aliphatic heterocycles. The van der Waals surface area contributed by atoms with Crippen LogP contribution in [0.3, 0.4) is 0 Å². The molecule has 1 aliphatic carbocycles. The van der Waals surface area contributed by atoms with E-state index in [0.29, 0.717) is 0 Å². The van der Waals surface area contributed by atoms with Crippen LogP contribution in [0.15, 0.2) is 22.5 Å². The van der Waals surface area contributed by atoms with Crippen molar-refractivity contribution < 1.29 is 0 Å². The molecular weight excluding hydrogens is 357 g/mol. The van der Waals surface area contributed by atoms with E-state index in [2.05, 4.69) is 33.1 Å². The first-order valence-electron chi connectivity index (χ1n) is 6.35. The third-order valence-corrected chi connectivity index (χ3v) is 3.95. The summed E-state index contributed by atoms with van der Waals surface area (Å²) in [6, 6.07) is 4.28. The maximum absolute atomic E-state index is 4.22. The summed E-state index contributed by atoms with van der Waals surface area (Å²) in [5, 5.41) is 8.83. The zero-order valence-electron chi connectivity index (χ0n) is 10.8. The summed E-state index contributed by atoms with van der Waals surface area (Å²) in [4.78, 5) is 5.64. The SMILES string of the molecule is CN=C(NCCc1cccs1)NCCC1CC1.I. The van der Waals surface area contributed by atoms with Crippen LogP contribution >= 0.6 is 35.3 Å². The highest BCUT2D eigenvalue weighted by molar-refractivity contribution is 14.0. The first-order chi connectivity index (χ1) is 8.38. The van der Waals surface area contributed by atoms with Gasteiger partial charge in [0, 0.05) is 25.0 Å². The van der Waals surface area contributed by atoms with Crippen LogP contribution in [0.5, 0.6) is 0 Å². The molecule has 1 saturated carbocycles. The highest BCUT2D eigenvalue weighted by atomic mass is 127. The first kappa shape index (κ1) is 15.8. The fourth-order valence-electron chi connectivity index (χ4n) is 1.78. The monoisotopic (exact) mass is 379 g/mol. The van der Waals surface area contributed by atoms with Gasteiger partial charge in [0.1, 0.15) is 0 Å². The van der Waals surface area contributed by atoms with Crippen molar-refractivity contribution in [2.75, 3.05) is 20.1 Å². The van der Waals surface area contributed by atoms with Crippen molar-refractivity contribution in [1.82, 2.24) is 10.6 Å². The highest BCUT2D eigenvalue weighted by Gasteiger charge is 2.20. The van der Waals surface area contributed by atoms with Crippen LogP contribution in [-0.4, -0.2) is 26.1 Å². The molecule has 1 heterocycles. The van der Waals surface area contributed by atoms with Crippen LogP contribution in [0.4, 0.5) is 0 Å². The van der Waals surface area contributed by atoms with Crippen molar-refractivity contribution in [3.8, 4) is 0 Å². The molecule has 2 N–H and O–H groups in total. The fraction of sp³-hybridized carbons (Fsp3) is 0.615. The average molecular weight is 379 g/mol. The lowest BCUT2D eigenvalue weighted by molar-refractivity contribution is 0.684. The summed E-state index contributed by atoms with van der Waals surface area (Å²) >= 11 is 1.81. The number of guanidine groups is 1. The predicted molar refractivity (Wildman–Crippen MR) is 90.1 cm³/mol. The molecule has 0 spiro atoms. The summed E-state index contributed by atoms with van der Waals surface area (Å²) in [6.07, 6.45) is 5.20. The van der Waals surface area contributed by atoms with E-state index in [0.717, 1.165) is 31.4 Å². The van der Waals surface area contributed by atoms with Crippen LogP contribution in [-0.2, 0) is 6.42 Å². The molecule has 0 radical (unpaired) electrons. The van der Waals surface area contributed by atoms with E-state index in [9.17, 15) is 0 Å². The number of nitrogens with zero attached hydrogens (tertiary/aromatic N) is 1. The number of thiophene rings is 1. The number of rotatable bonds is 6. The minimum atomic E-state index is 0. The Hall–Kier alpha value is -0.300. The van der Waals surface area contributed by atoms with Crippen molar-refractivity contribution in [2.45, 2.75) is 25.7 Å². The van der Waals surface area contributed by atoms with E-state index < -0.39 is 0 Å². The molecule has 18 heavy (non-hydrogen) atoms. The Labute approximate surface area is 130 Å². The van der Waals surface area contributed by atoms with Crippen molar-refractivity contribution >= 4 is 41.3 Å². The largest absolute Gasteiger partial charge is 0.356 e. The fourth-order valence-corrected chi connectivity index (χ4v) is 2.49. The number of halogens is 1. The third kappa shape index (κ3) is 6.04. The molecule has 0 amide bonds. The number of nitrogens with one attached hydrogen (secondary N) is 2. The minimum Gasteiger partial charge on any atom is -0.356 e. The lowest BCUT2D eigenvalue weighted by Crippen LogP contribution is -2.38. The quantitative estimate of drug-likeness (QED) is 0.453. The highest BCUT2D eigenvalue weighted by Crippen LogP contribution is 2.31. The van der Waals surface area contributed by atoms with Gasteiger partial charge in [0.15, 0.2) is 5.96 Å². The molecule has 0 bridgehead atoms. The maximum atomic E-state index is 4.22. The number of aliphatic imine (C=N–C) groups is 1. The lowest BCUT2D eigenvalue weighted by atomic mass is 10.3. The Morgan fingerprint density at radius 2 is 2.17 bits per heavy atom. The van der Waals surface area contributed by atoms with Gasteiger partial charge in [0.2, 0.25) is 0 Å². The van der Waals surface area contributed by atoms with Crippen molar-refractivity contribution in [3.63, 3.8) is 0 Å². The molecule has 0 atom stereocenters. The van der Waals surface area contributed by atoms with Crippen LogP contribution in [0.2, 0.25) is 0 Å². The minimum absolute atomic E-state index is 0. The second-order valence-corrected chi connectivity index (χ2v) is 5.52. The van der Waals surface area contributed by atoms with Gasteiger partial charge in [-0.15, -0.1) is 35.3 Å². The summed E-state index contributed by atoms with van der Waals surface area (Å²) < 4.78 is 0. The number of hydrogen-bond acceptors (Lipinski definition) is 2. The van der Waals surface area contributed by atoms with Crippen LogP contribution in [0.25, 0.3) is 0 Å². The lowest BCUT2D eigenvalue weighted by Gasteiger charge is -2.11. The summed E-state index contributed by atoms with van der Waals surface area (Å²) in [7, 11) is 1.83. The molecule has 102 valence electrons. The second kappa shape index (κ2) is 8.74. The molecule has 1 aromatic heterocycles. The summed E-state index contributed by atoms with van der Waals surface area (Å²) in [5.41, 5.74) is 0. The van der Waals surface area contributed by atoms with Crippen molar-refractivity contribution in [1.29, 1.82) is 0 Å². The Morgan fingerprint density at radius 3 is 2.78 bits per heavy atom. The van der Waals surface area contributed by atoms with E-state index in [1.165, 1.54) is 24.1 Å². The topological polar surface area (TPSA) is 36.4 Å². The van der Waals surface area contributed by atoms with Gasteiger partial charge < -0.3 is 10.6 Å². The van der Waals surface area contributed by atoms with Crippen molar-refractivity contribution in [2.24, 2.45) is 10.9 Å². The Bertz CT molecular complexity index is 347. The molecule has 0 saturated heterocycles. The zero-order valence-corrected chi connectivity index (χ0v) is 14.0. The smallest absolute Gasteiger partial charge is 0.190 e. The Kier molecular flexibility index (Phi) is 7.65. The van der Waals surface area contributed by atoms with Gasteiger partial charge in [0.25, 0.3) is 0 Å².